The molecule has 0 bridgehead atoms. The van der Waals surface area contributed by atoms with E-state index >= 15 is 0 Å². The van der Waals surface area contributed by atoms with Gasteiger partial charge in [0, 0.05) is 21.4 Å². The van der Waals surface area contributed by atoms with Gasteiger partial charge in [-0.1, -0.05) is 43.4 Å². The van der Waals surface area contributed by atoms with Gasteiger partial charge in [-0.25, -0.2) is 16.8 Å². The van der Waals surface area contributed by atoms with Gasteiger partial charge in [0.1, 0.15) is 11.5 Å². The maximum atomic E-state index is 11.7. The summed E-state index contributed by atoms with van der Waals surface area (Å²) in [5, 5.41) is 23.5. The Morgan fingerprint density at radius 2 is 1.00 bits per heavy atom. The molecule has 0 atom stereocenters. The smallest absolute Gasteiger partial charge is 0.870 e. The Balaban J connectivity index is -0.000000135. The van der Waals surface area contributed by atoms with Gasteiger partial charge in [-0.3, -0.25) is 9.98 Å². The molecule has 250 valence electrons. The third-order valence-electron chi connectivity index (χ3n) is 3.94. The summed E-state index contributed by atoms with van der Waals surface area (Å²) < 4.78 is 73.1. The Hall–Kier alpha value is -1.36. The fraction of sp³-hybridized carbons (Fsp3) is 0.300. The van der Waals surface area contributed by atoms with Crippen molar-refractivity contribution in [2.45, 2.75) is 0 Å². The first-order valence-corrected chi connectivity index (χ1v) is 14.4. The number of rotatable bonds is 10. The van der Waals surface area contributed by atoms with Gasteiger partial charge in [-0.05, 0) is 35.4 Å². The Morgan fingerprint density at radius 3 is 1.24 bits per heavy atom. The van der Waals surface area contributed by atoms with Gasteiger partial charge in [0.25, 0.3) is 0 Å². The van der Waals surface area contributed by atoms with Crippen molar-refractivity contribution in [2.75, 3.05) is 38.8 Å². The molecule has 2 aromatic carbocycles. The van der Waals surface area contributed by atoms with Crippen molar-refractivity contribution in [3.8, 4) is 23.0 Å². The summed E-state index contributed by atoms with van der Waals surface area (Å²) >= 11 is 6.40. The third-order valence-corrected chi connectivity index (χ3v) is 6.22. The number of benzene rings is 2. The quantitative estimate of drug-likeness (QED) is 0.104. The first-order valence-electron chi connectivity index (χ1n) is 9.62. The Morgan fingerprint density at radius 1 is 0.714 bits per heavy atom. The monoisotopic (exact) mass is 870 g/mol. The standard InChI is InChI=1S/2C10H12BrNO5S.2Cu.4H2O/c2*1-17-9-5-8(11)4-7(10(9)13)6-12-2-3-18(14,15)16;;;;;;/h2*4-6,13H,2-3H2,1H3,(H,14,15,16);;;4*1H2/q;;2*+2;;;;/p-2. The molecule has 0 aliphatic heterocycles. The molecule has 16 nitrogen and oxygen atoms in total. The van der Waals surface area contributed by atoms with Crippen LogP contribution in [0.25, 0.3) is 0 Å². The zero-order chi connectivity index (χ0) is 27.5. The average Bonchev–Trinajstić information content (AvgIpc) is 2.77. The van der Waals surface area contributed by atoms with E-state index in [2.05, 4.69) is 41.8 Å². The molecule has 22 heteroatoms. The summed E-state index contributed by atoms with van der Waals surface area (Å²) in [7, 11) is -5.83. The molecular weight excluding hydrogens is 843 g/mol. The van der Waals surface area contributed by atoms with Crippen LogP contribution in [0.4, 0.5) is 0 Å². The van der Waals surface area contributed by atoms with Crippen LogP contribution >= 0.6 is 31.9 Å². The molecule has 2 rings (SSSR count). The van der Waals surface area contributed by atoms with Gasteiger partial charge in [0.2, 0.25) is 0 Å². The Labute approximate surface area is 280 Å². The molecule has 0 spiro atoms. The van der Waals surface area contributed by atoms with E-state index in [4.69, 9.17) is 9.47 Å². The largest absolute Gasteiger partial charge is 2.00 e. The van der Waals surface area contributed by atoms with Crippen LogP contribution in [0.2, 0.25) is 0 Å². The van der Waals surface area contributed by atoms with E-state index < -0.39 is 31.7 Å². The SMILES string of the molecule is COc1cc(Br)cc(C=NCCS(=O)(=O)[O-])c1[O-].COc1cc(Br)cc(C=NCCS(=O)(=O)[O-])c1[O-].O.O.[Cu+2].[Cu+2].[OH3+].[OH3+]. The van der Waals surface area contributed by atoms with Crippen molar-refractivity contribution in [3.05, 3.63) is 44.3 Å². The summed E-state index contributed by atoms with van der Waals surface area (Å²) in [4.78, 5) is 7.45. The summed E-state index contributed by atoms with van der Waals surface area (Å²) in [6.45, 7) is -0.361. The summed E-state index contributed by atoms with van der Waals surface area (Å²) in [5.74, 6) is -1.58. The molecule has 0 fully saturated rings. The van der Waals surface area contributed by atoms with Crippen LogP contribution < -0.4 is 19.7 Å². The van der Waals surface area contributed by atoms with Crippen molar-refractivity contribution in [1.29, 1.82) is 0 Å². The van der Waals surface area contributed by atoms with Crippen LogP contribution in [0.1, 0.15) is 11.1 Å². The first-order chi connectivity index (χ1) is 16.7. The van der Waals surface area contributed by atoms with Crippen LogP contribution in [0.5, 0.6) is 23.0 Å². The Bertz CT molecular complexity index is 1230. The normalized spacial score (nSPS) is 10.2. The van der Waals surface area contributed by atoms with E-state index in [1.54, 1.807) is 0 Å². The second-order valence-electron chi connectivity index (χ2n) is 6.65. The maximum Gasteiger partial charge on any atom is 2.00 e. The van der Waals surface area contributed by atoms with Gasteiger partial charge in [-0.15, -0.1) is 0 Å². The molecule has 0 unspecified atom stereocenters. The molecule has 42 heavy (non-hydrogen) atoms. The maximum absolute atomic E-state index is 11.7. The van der Waals surface area contributed by atoms with Crippen molar-refractivity contribution < 1.29 is 102 Å². The predicted molar refractivity (Wildman–Crippen MR) is 151 cm³/mol. The molecule has 0 aliphatic carbocycles. The number of hydrogen-bond acceptors (Lipinski definition) is 12. The summed E-state index contributed by atoms with van der Waals surface area (Å²) in [6.07, 6.45) is 2.45. The molecule has 2 radical (unpaired) electrons. The number of methoxy groups -OCH3 is 2. The van der Waals surface area contributed by atoms with Crippen molar-refractivity contribution in [2.24, 2.45) is 9.98 Å². The summed E-state index contributed by atoms with van der Waals surface area (Å²) in [5.41, 5.74) is 0.508. The van der Waals surface area contributed by atoms with E-state index in [9.17, 15) is 36.2 Å². The minimum atomic E-state index is -4.29. The van der Waals surface area contributed by atoms with E-state index in [-0.39, 0.29) is 103 Å². The van der Waals surface area contributed by atoms with Crippen LogP contribution in [0, 0.1) is 0 Å². The van der Waals surface area contributed by atoms with Crippen LogP contribution in [-0.4, -0.2) is 88.1 Å². The van der Waals surface area contributed by atoms with E-state index in [0.717, 1.165) is 0 Å². The Kier molecular flexibility index (Phi) is 31.7. The first kappa shape index (κ1) is 53.2. The number of aliphatic imine (C=N–C) groups is 2. The molecular formula is C20H30Br2Cu2N2O14S2+2. The molecule has 2 aromatic rings. The molecule has 0 aromatic heterocycles. The molecule has 0 heterocycles. The van der Waals surface area contributed by atoms with Crippen molar-refractivity contribution in [3.63, 3.8) is 0 Å². The summed E-state index contributed by atoms with van der Waals surface area (Å²) in [6, 6.07) is 6.09. The van der Waals surface area contributed by atoms with Gasteiger partial charge < -0.3 is 50.7 Å². The molecule has 0 saturated heterocycles. The molecule has 10 N–H and O–H groups in total. The van der Waals surface area contributed by atoms with Gasteiger partial charge in [0.15, 0.2) is 0 Å². The number of halogens is 2. The minimum Gasteiger partial charge on any atom is -0.870 e. The number of nitrogens with zero attached hydrogens (tertiary/aromatic N) is 2. The molecule has 0 amide bonds. The van der Waals surface area contributed by atoms with E-state index in [0.29, 0.717) is 8.95 Å². The van der Waals surface area contributed by atoms with Gasteiger partial charge >= 0.3 is 34.1 Å². The zero-order valence-corrected chi connectivity index (χ0v) is 28.3. The van der Waals surface area contributed by atoms with Gasteiger partial charge in [0.05, 0.1) is 59.1 Å². The van der Waals surface area contributed by atoms with Crippen LogP contribution in [0.15, 0.2) is 43.2 Å². The zero-order valence-electron chi connectivity index (χ0n) is 21.6. The molecule has 0 saturated carbocycles. The van der Waals surface area contributed by atoms with Crippen LogP contribution in [0.3, 0.4) is 0 Å². The second kappa shape index (κ2) is 25.0. The molecule has 0 aliphatic rings. The van der Waals surface area contributed by atoms with Crippen molar-refractivity contribution >= 4 is 64.5 Å². The third kappa shape index (κ3) is 21.3. The van der Waals surface area contributed by atoms with Crippen molar-refractivity contribution in [1.82, 2.24) is 0 Å². The second-order valence-corrected chi connectivity index (χ2v) is 11.5. The van der Waals surface area contributed by atoms with E-state index in [1.807, 2.05) is 0 Å². The average molecular weight is 873 g/mol. The number of hydrogen-bond donors (Lipinski definition) is 0. The van der Waals surface area contributed by atoms with Crippen LogP contribution in [-0.2, 0) is 65.3 Å². The topological polar surface area (TPSA) is 333 Å². The minimum absolute atomic E-state index is 0. The fourth-order valence-electron chi connectivity index (χ4n) is 2.33. The van der Waals surface area contributed by atoms with Gasteiger partial charge in [-0.2, -0.15) is 0 Å². The number of ether oxygens (including phenoxy) is 2. The fourth-order valence-corrected chi connectivity index (χ4v) is 3.89. The van der Waals surface area contributed by atoms with E-state index in [1.165, 1.54) is 50.9 Å². The predicted octanol–water partition coefficient (Wildman–Crippen LogP) is -2.51.